The number of hydrogen-bond donors (Lipinski definition) is 4. The molecule has 0 aliphatic carbocycles. The van der Waals surface area contributed by atoms with Crippen molar-refractivity contribution >= 4 is 34.4 Å². The summed E-state index contributed by atoms with van der Waals surface area (Å²) in [6, 6.07) is 3.24. The van der Waals surface area contributed by atoms with Gasteiger partial charge in [0.05, 0.1) is 11.0 Å². The number of rotatable bonds is 6. The second-order valence-electron chi connectivity index (χ2n) is 6.55. The van der Waals surface area contributed by atoms with Crippen LogP contribution in [-0.4, -0.2) is 42.7 Å². The molecule has 12 heteroatoms. The third-order valence-corrected chi connectivity index (χ3v) is 3.88. The molecule has 3 rings (SSSR count). The summed E-state index contributed by atoms with van der Waals surface area (Å²) in [6.07, 6.45) is 0. The first-order valence-corrected chi connectivity index (χ1v) is 8.65. The highest BCUT2D eigenvalue weighted by Crippen LogP contribution is 2.16. The number of aromatic nitrogens is 5. The maximum atomic E-state index is 12.5. The molecule has 0 fully saturated rings. The first-order chi connectivity index (χ1) is 13.7. The van der Waals surface area contributed by atoms with E-state index in [0.717, 1.165) is 0 Å². The number of carbonyl (C=O) groups excluding carboxylic acids is 2. The Labute approximate surface area is 162 Å². The summed E-state index contributed by atoms with van der Waals surface area (Å²) in [7, 11) is 0. The Hall–Kier alpha value is -3.96. The van der Waals surface area contributed by atoms with Crippen molar-refractivity contribution in [3.63, 3.8) is 0 Å². The number of aromatic amines is 3. The zero-order valence-corrected chi connectivity index (χ0v) is 15.8. The second kappa shape index (κ2) is 7.96. The van der Waals surface area contributed by atoms with Crippen LogP contribution in [0, 0.1) is 0 Å². The SMILES string of the molecule is CC(=O)C(N=Nc1nc(C(C)C)[nH]c(=O)n1)C(=O)Nc1ccc2[nH]c(=O)[nH]c2c1. The van der Waals surface area contributed by atoms with Crippen molar-refractivity contribution in [2.75, 3.05) is 5.32 Å². The van der Waals surface area contributed by atoms with E-state index < -0.39 is 23.4 Å². The lowest BCUT2D eigenvalue weighted by molar-refractivity contribution is -0.126. The number of carbonyl (C=O) groups is 2. The Morgan fingerprint density at radius 2 is 1.79 bits per heavy atom. The topological polar surface area (TPSA) is 178 Å². The summed E-state index contributed by atoms with van der Waals surface area (Å²) in [5.41, 5.74) is 0.386. The lowest BCUT2D eigenvalue weighted by Crippen LogP contribution is -2.31. The molecule has 3 aromatic rings. The Bertz CT molecular complexity index is 1220. The molecule has 150 valence electrons. The van der Waals surface area contributed by atoms with Crippen LogP contribution in [0.25, 0.3) is 11.0 Å². The number of imidazole rings is 1. The van der Waals surface area contributed by atoms with Crippen molar-refractivity contribution in [3.05, 3.63) is 45.0 Å². The van der Waals surface area contributed by atoms with E-state index in [2.05, 4.69) is 40.5 Å². The maximum Gasteiger partial charge on any atom is 0.349 e. The summed E-state index contributed by atoms with van der Waals surface area (Å²) in [4.78, 5) is 62.5. The van der Waals surface area contributed by atoms with Gasteiger partial charge in [0, 0.05) is 11.6 Å². The fraction of sp³-hybridized carbons (Fsp3) is 0.294. The van der Waals surface area contributed by atoms with Crippen LogP contribution in [0.4, 0.5) is 11.6 Å². The molecule has 1 atom stereocenters. The predicted molar refractivity (Wildman–Crippen MR) is 103 cm³/mol. The van der Waals surface area contributed by atoms with Crippen molar-refractivity contribution in [2.45, 2.75) is 32.7 Å². The van der Waals surface area contributed by atoms with Gasteiger partial charge < -0.3 is 15.3 Å². The molecule has 0 saturated carbocycles. The minimum atomic E-state index is -1.46. The van der Waals surface area contributed by atoms with E-state index in [1.165, 1.54) is 13.0 Å². The smallest absolute Gasteiger partial charge is 0.324 e. The quantitative estimate of drug-likeness (QED) is 0.357. The summed E-state index contributed by atoms with van der Waals surface area (Å²) >= 11 is 0. The van der Waals surface area contributed by atoms with Gasteiger partial charge in [0.15, 0.2) is 5.78 Å². The number of H-pyrrole nitrogens is 3. The van der Waals surface area contributed by atoms with Crippen LogP contribution < -0.4 is 16.7 Å². The average molecular weight is 398 g/mol. The highest BCUT2D eigenvalue weighted by Gasteiger charge is 2.23. The van der Waals surface area contributed by atoms with Crippen LogP contribution in [-0.2, 0) is 9.59 Å². The van der Waals surface area contributed by atoms with Crippen molar-refractivity contribution in [1.29, 1.82) is 0 Å². The van der Waals surface area contributed by atoms with Crippen molar-refractivity contribution in [1.82, 2.24) is 24.9 Å². The molecule has 2 aromatic heterocycles. The third-order valence-electron chi connectivity index (χ3n) is 3.88. The number of fused-ring (bicyclic) bond motifs is 1. The first-order valence-electron chi connectivity index (χ1n) is 8.65. The van der Waals surface area contributed by atoms with Crippen molar-refractivity contribution in [3.8, 4) is 0 Å². The van der Waals surface area contributed by atoms with E-state index in [1.54, 1.807) is 12.1 Å². The standard InChI is InChI=1S/C17H18N8O4/c1-7(2)13-21-15(23-17(29)22-13)25-24-12(8(3)26)14(27)18-9-4-5-10-11(6-9)20-16(28)19-10/h4-7,12H,1-3H3,(H,18,27)(H2,19,20,28)(H,21,22,23,29). The van der Waals surface area contributed by atoms with Gasteiger partial charge in [-0.2, -0.15) is 15.1 Å². The average Bonchev–Trinajstić information content (AvgIpc) is 3.00. The summed E-state index contributed by atoms with van der Waals surface area (Å²) in [5, 5.41) is 9.96. The third kappa shape index (κ3) is 4.66. The van der Waals surface area contributed by atoms with E-state index in [-0.39, 0.29) is 17.6 Å². The number of amides is 1. The molecule has 0 saturated heterocycles. The molecular weight excluding hydrogens is 380 g/mol. The van der Waals surface area contributed by atoms with Gasteiger partial charge in [-0.05, 0) is 25.1 Å². The van der Waals surface area contributed by atoms with Crippen molar-refractivity contribution < 1.29 is 9.59 Å². The molecular formula is C17H18N8O4. The molecule has 0 spiro atoms. The van der Waals surface area contributed by atoms with Crippen LogP contribution in [0.1, 0.15) is 32.5 Å². The van der Waals surface area contributed by atoms with Crippen molar-refractivity contribution in [2.24, 2.45) is 10.2 Å². The Morgan fingerprint density at radius 3 is 2.48 bits per heavy atom. The molecule has 1 aromatic carbocycles. The van der Waals surface area contributed by atoms with Gasteiger partial charge in [-0.1, -0.05) is 13.8 Å². The Balaban J connectivity index is 1.82. The highest BCUT2D eigenvalue weighted by atomic mass is 16.2. The van der Waals surface area contributed by atoms with Crippen LogP contribution in [0.5, 0.6) is 0 Å². The highest BCUT2D eigenvalue weighted by molar-refractivity contribution is 6.10. The molecule has 12 nitrogen and oxygen atoms in total. The monoisotopic (exact) mass is 398 g/mol. The molecule has 0 aliphatic heterocycles. The van der Waals surface area contributed by atoms with Crippen LogP contribution in [0.15, 0.2) is 38.0 Å². The van der Waals surface area contributed by atoms with E-state index >= 15 is 0 Å². The number of azo groups is 1. The van der Waals surface area contributed by atoms with Gasteiger partial charge in [0.1, 0.15) is 5.82 Å². The number of nitrogens with zero attached hydrogens (tertiary/aromatic N) is 4. The fourth-order valence-electron chi connectivity index (χ4n) is 2.46. The summed E-state index contributed by atoms with van der Waals surface area (Å²) < 4.78 is 0. The molecule has 4 N–H and O–H groups in total. The fourth-order valence-corrected chi connectivity index (χ4v) is 2.46. The minimum Gasteiger partial charge on any atom is -0.324 e. The second-order valence-corrected chi connectivity index (χ2v) is 6.55. The maximum absolute atomic E-state index is 12.5. The van der Waals surface area contributed by atoms with Crippen LogP contribution in [0.3, 0.4) is 0 Å². The zero-order chi connectivity index (χ0) is 21.1. The van der Waals surface area contributed by atoms with E-state index in [1.807, 2.05) is 13.8 Å². The van der Waals surface area contributed by atoms with E-state index in [0.29, 0.717) is 22.5 Å². The lowest BCUT2D eigenvalue weighted by Gasteiger charge is -2.09. The minimum absolute atomic E-state index is 0.0821. The predicted octanol–water partition coefficient (Wildman–Crippen LogP) is 1.14. The number of Topliss-reactive ketones (excluding diaryl/α,β-unsaturated/α-hetero) is 1. The molecule has 0 radical (unpaired) electrons. The Morgan fingerprint density at radius 1 is 1.07 bits per heavy atom. The van der Waals surface area contributed by atoms with Gasteiger partial charge >= 0.3 is 11.4 Å². The molecule has 29 heavy (non-hydrogen) atoms. The largest absolute Gasteiger partial charge is 0.349 e. The molecule has 1 amide bonds. The van der Waals surface area contributed by atoms with Gasteiger partial charge in [-0.3, -0.25) is 14.6 Å². The number of anilines is 1. The number of nitrogens with one attached hydrogen (secondary N) is 4. The molecule has 2 heterocycles. The van der Waals surface area contributed by atoms with Gasteiger partial charge in [-0.15, -0.1) is 5.11 Å². The van der Waals surface area contributed by atoms with E-state index in [9.17, 15) is 19.2 Å². The zero-order valence-electron chi connectivity index (χ0n) is 15.8. The Kier molecular flexibility index (Phi) is 5.43. The lowest BCUT2D eigenvalue weighted by atomic mass is 10.2. The number of ketones is 1. The molecule has 0 aliphatic rings. The van der Waals surface area contributed by atoms with Crippen LogP contribution in [0.2, 0.25) is 0 Å². The molecule has 0 bridgehead atoms. The van der Waals surface area contributed by atoms with E-state index in [4.69, 9.17) is 0 Å². The number of hydrogen-bond acceptors (Lipinski definition) is 8. The summed E-state index contributed by atoms with van der Waals surface area (Å²) in [6.45, 7) is 4.83. The van der Waals surface area contributed by atoms with Gasteiger partial charge in [0.25, 0.3) is 11.9 Å². The van der Waals surface area contributed by atoms with Crippen LogP contribution >= 0.6 is 0 Å². The normalized spacial score (nSPS) is 12.6. The van der Waals surface area contributed by atoms with Gasteiger partial charge in [-0.25, -0.2) is 9.59 Å². The first kappa shape index (κ1) is 19.8. The van der Waals surface area contributed by atoms with Gasteiger partial charge in [0.2, 0.25) is 6.04 Å². The molecule has 1 unspecified atom stereocenters. The summed E-state index contributed by atoms with van der Waals surface area (Å²) in [5.74, 6) is -1.26. The number of benzene rings is 1.